The van der Waals surface area contributed by atoms with Gasteiger partial charge < -0.3 is 25.6 Å². The van der Waals surface area contributed by atoms with Crippen LogP contribution in [0.4, 0.5) is 5.69 Å². The van der Waals surface area contributed by atoms with Gasteiger partial charge in [0.05, 0.1) is 0 Å². The summed E-state index contributed by atoms with van der Waals surface area (Å²) in [5.41, 5.74) is 8.22. The number of aromatic nitrogens is 1. The van der Waals surface area contributed by atoms with Crippen LogP contribution in [0.2, 0.25) is 0 Å². The molecule has 0 aliphatic carbocycles. The molecule has 0 aliphatic rings. The molecule has 0 aliphatic heterocycles. The van der Waals surface area contributed by atoms with Crippen LogP contribution in [0.3, 0.4) is 0 Å². The molecule has 1 aromatic carbocycles. The van der Waals surface area contributed by atoms with E-state index < -0.39 is 0 Å². The average Bonchev–Trinajstić information content (AvgIpc) is 2.45. The van der Waals surface area contributed by atoms with Gasteiger partial charge in [0.25, 0.3) is 0 Å². The van der Waals surface area contributed by atoms with Crippen molar-refractivity contribution in [2.75, 3.05) is 5.73 Å². The van der Waals surface area contributed by atoms with Gasteiger partial charge in [-0.3, -0.25) is 0 Å². The van der Waals surface area contributed by atoms with Crippen molar-refractivity contribution < 1.29 is 21.1 Å². The Hall–Kier alpha value is -1.14. The van der Waals surface area contributed by atoms with E-state index in [1.54, 1.807) is 6.20 Å². The molecule has 0 radical (unpaired) electrons. The maximum absolute atomic E-state index is 5.78. The van der Waals surface area contributed by atoms with Crippen LogP contribution in [0, 0.1) is 20.9 Å². The van der Waals surface area contributed by atoms with Crippen LogP contribution in [0.1, 0.15) is 35.1 Å². The Morgan fingerprint density at radius 2 is 1.52 bits per heavy atom. The second-order valence-electron chi connectivity index (χ2n) is 2.72. The Morgan fingerprint density at radius 1 is 0.952 bits per heavy atom. The number of hydrogen-bond acceptors (Lipinski definition) is 2. The number of nitrogens with zero attached hydrogens (tertiary/aromatic N) is 1. The molecule has 0 fully saturated rings. The number of rotatable bonds is 1. The molecule has 0 spiro atoms. The number of anilines is 1. The van der Waals surface area contributed by atoms with E-state index in [4.69, 9.17) is 5.73 Å². The molecule has 126 valence electrons. The Morgan fingerprint density at radius 3 is 1.95 bits per heavy atom. The summed E-state index contributed by atoms with van der Waals surface area (Å²) in [5, 5.41) is 0. The van der Waals surface area contributed by atoms with Crippen LogP contribution in [0.15, 0.2) is 42.6 Å². The zero-order valence-electron chi connectivity index (χ0n) is 13.4. The van der Waals surface area contributed by atoms with Gasteiger partial charge in [-0.2, -0.15) is 0 Å². The molecule has 2 N–H and O–H groups in total. The summed E-state index contributed by atoms with van der Waals surface area (Å²) in [6.45, 7) is 8.00. The van der Waals surface area contributed by atoms with E-state index in [1.807, 2.05) is 64.1 Å². The zero-order chi connectivity index (χ0) is 13.1. The number of nitrogen functional groups attached to an aromatic ring is 1. The van der Waals surface area contributed by atoms with Gasteiger partial charge >= 0.3 is 0 Å². The quantitative estimate of drug-likeness (QED) is 0.428. The summed E-state index contributed by atoms with van der Waals surface area (Å²) in [6.07, 6.45) is 1.75. The molecule has 0 amide bonds. The Balaban J connectivity index is -0.0000000989. The monoisotopic (exact) mass is 470 g/mol. The second-order valence-corrected chi connectivity index (χ2v) is 2.72. The van der Waals surface area contributed by atoms with Crippen molar-refractivity contribution >= 4 is 5.69 Å². The molecule has 2 rings (SSSR count). The molecule has 0 bridgehead atoms. The third-order valence-corrected chi connectivity index (χ3v) is 1.81. The fourth-order valence-corrected chi connectivity index (χ4v) is 1.18. The average molecular weight is 471 g/mol. The van der Waals surface area contributed by atoms with E-state index in [-0.39, 0.29) is 43.3 Å². The first kappa shape index (κ1) is 32.0. The normalized spacial score (nSPS) is 6.67. The standard InChI is InChI=1S/C11H9N2.2C2H6.CH4.2CH3.Pt/c12-10-6-2-1-5-9(10)11-7-3-4-8-13-11;2*1-2;;;;/h1-4,6-8H,12H2;2*1-2H3;1H4;2*1H3;/q-1;;;;2*-1;. The van der Waals surface area contributed by atoms with Gasteiger partial charge in [-0.25, -0.2) is 0 Å². The van der Waals surface area contributed by atoms with Crippen molar-refractivity contribution in [2.24, 2.45) is 0 Å². The Bertz CT molecular complexity index is 403. The van der Waals surface area contributed by atoms with Crippen molar-refractivity contribution in [3.8, 4) is 11.3 Å². The first-order valence-corrected chi connectivity index (χ1v) is 6.05. The van der Waals surface area contributed by atoms with E-state index in [1.165, 1.54) is 0 Å². The molecule has 0 atom stereocenters. The topological polar surface area (TPSA) is 38.9 Å². The van der Waals surface area contributed by atoms with Gasteiger partial charge in [0.2, 0.25) is 0 Å². The van der Waals surface area contributed by atoms with Crippen molar-refractivity contribution in [3.05, 3.63) is 63.5 Å². The fraction of sp³-hybridized carbons (Fsp3) is 0.278. The molecule has 0 saturated carbocycles. The third-order valence-electron chi connectivity index (χ3n) is 1.81. The van der Waals surface area contributed by atoms with Crippen LogP contribution >= 0.6 is 0 Å². The number of hydrogen-bond donors (Lipinski definition) is 1. The SMILES string of the molecule is C.CC.CC.Nc1ccc[c-]c1-c1ccccn1.[CH3-].[CH3-].[Pt]. The first-order chi connectivity index (χ1) is 8.38. The Kier molecular flexibility index (Phi) is 32.2. The van der Waals surface area contributed by atoms with Gasteiger partial charge in [-0.1, -0.05) is 52.9 Å². The van der Waals surface area contributed by atoms with Crippen LogP contribution < -0.4 is 5.73 Å². The first-order valence-electron chi connectivity index (χ1n) is 6.05. The summed E-state index contributed by atoms with van der Waals surface area (Å²) in [6, 6.07) is 14.3. The number of pyridine rings is 1. The van der Waals surface area contributed by atoms with Gasteiger partial charge in [-0.05, 0) is 11.8 Å². The molecular weight excluding hydrogens is 439 g/mol. The molecule has 0 saturated heterocycles. The zero-order valence-corrected chi connectivity index (χ0v) is 15.7. The molecule has 3 heteroatoms. The maximum Gasteiger partial charge on any atom is 0.0160 e. The van der Waals surface area contributed by atoms with Crippen molar-refractivity contribution in [3.63, 3.8) is 0 Å². The second kappa shape index (κ2) is 21.2. The van der Waals surface area contributed by atoms with Gasteiger partial charge in [0.15, 0.2) is 0 Å². The smallest absolute Gasteiger partial charge is 0.0160 e. The van der Waals surface area contributed by atoms with E-state index in [2.05, 4.69) is 11.1 Å². The van der Waals surface area contributed by atoms with E-state index in [0.29, 0.717) is 5.69 Å². The number of benzene rings is 1. The number of nitrogens with two attached hydrogens (primary N) is 1. The summed E-state index contributed by atoms with van der Waals surface area (Å²) in [5.74, 6) is 0. The minimum Gasteiger partial charge on any atom is -0.437 e. The molecule has 2 aromatic rings. The van der Waals surface area contributed by atoms with Gasteiger partial charge in [-0.15, -0.1) is 29.8 Å². The van der Waals surface area contributed by atoms with Gasteiger partial charge in [0.1, 0.15) is 0 Å². The van der Waals surface area contributed by atoms with Crippen LogP contribution in [0.5, 0.6) is 0 Å². The van der Waals surface area contributed by atoms with Crippen molar-refractivity contribution in [1.82, 2.24) is 4.98 Å². The van der Waals surface area contributed by atoms with Crippen molar-refractivity contribution in [1.29, 1.82) is 0 Å². The minimum absolute atomic E-state index is 0. The summed E-state index contributed by atoms with van der Waals surface area (Å²) in [4.78, 5) is 4.20. The third kappa shape index (κ3) is 11.2. The molecule has 1 heterocycles. The summed E-state index contributed by atoms with van der Waals surface area (Å²) >= 11 is 0. The van der Waals surface area contributed by atoms with Crippen LogP contribution in [-0.2, 0) is 21.1 Å². The molecule has 1 aromatic heterocycles. The van der Waals surface area contributed by atoms with E-state index >= 15 is 0 Å². The van der Waals surface area contributed by atoms with E-state index in [0.717, 1.165) is 11.3 Å². The Labute approximate surface area is 147 Å². The fourth-order valence-electron chi connectivity index (χ4n) is 1.18. The molecule has 0 unspecified atom stereocenters. The van der Waals surface area contributed by atoms with Crippen molar-refractivity contribution in [2.45, 2.75) is 35.1 Å². The van der Waals surface area contributed by atoms with Gasteiger partial charge in [0, 0.05) is 27.3 Å². The summed E-state index contributed by atoms with van der Waals surface area (Å²) < 4.78 is 0. The predicted octanol–water partition coefficient (Wildman–Crippen LogP) is 5.72. The minimum atomic E-state index is 0. The summed E-state index contributed by atoms with van der Waals surface area (Å²) in [7, 11) is 0. The molecule has 21 heavy (non-hydrogen) atoms. The van der Waals surface area contributed by atoms with Crippen LogP contribution in [0.25, 0.3) is 11.3 Å². The molecular formula is C18H31N2Pt-3. The largest absolute Gasteiger partial charge is 0.437 e. The van der Waals surface area contributed by atoms with E-state index in [9.17, 15) is 0 Å². The maximum atomic E-state index is 5.78. The molecule has 2 nitrogen and oxygen atoms in total. The van der Waals surface area contributed by atoms with Crippen LogP contribution in [-0.4, -0.2) is 4.98 Å². The predicted molar refractivity (Wildman–Crippen MR) is 95.2 cm³/mol.